The second-order valence-corrected chi connectivity index (χ2v) is 6.19. The van der Waals surface area contributed by atoms with Gasteiger partial charge in [0.25, 0.3) is 0 Å². The highest BCUT2D eigenvalue weighted by Gasteiger charge is 2.39. The molecule has 1 aliphatic carbocycles. The van der Waals surface area contributed by atoms with Gasteiger partial charge >= 0.3 is 0 Å². The van der Waals surface area contributed by atoms with Crippen LogP contribution in [-0.2, 0) is 14.8 Å². The monoisotopic (exact) mass is 265 g/mol. The molecule has 0 unspecified atom stereocenters. The first kappa shape index (κ1) is 14.2. The van der Waals surface area contributed by atoms with Gasteiger partial charge in [0.15, 0.2) is 0 Å². The third-order valence-corrected chi connectivity index (χ3v) is 4.99. The molecule has 0 aliphatic heterocycles. The van der Waals surface area contributed by atoms with E-state index in [1.165, 1.54) is 11.4 Å². The molecule has 7 nitrogen and oxygen atoms in total. The number of amidine groups is 1. The van der Waals surface area contributed by atoms with E-state index >= 15 is 0 Å². The predicted molar refractivity (Wildman–Crippen MR) is 63.4 cm³/mol. The van der Waals surface area contributed by atoms with E-state index in [0.29, 0.717) is 13.2 Å². The van der Waals surface area contributed by atoms with Crippen LogP contribution in [0.4, 0.5) is 0 Å². The SMILES string of the molecule is COCCN(CCC(N)=NO)S(=O)(=O)C1CC1. The molecule has 0 radical (unpaired) electrons. The van der Waals surface area contributed by atoms with Crippen molar-refractivity contribution in [2.24, 2.45) is 10.9 Å². The Hall–Kier alpha value is -0.860. The van der Waals surface area contributed by atoms with Gasteiger partial charge in [0.05, 0.1) is 11.9 Å². The predicted octanol–water partition coefficient (Wildman–Crippen LogP) is -0.436. The minimum Gasteiger partial charge on any atom is -0.409 e. The summed E-state index contributed by atoms with van der Waals surface area (Å²) in [6.45, 7) is 0.855. The molecule has 3 N–H and O–H groups in total. The van der Waals surface area contributed by atoms with Crippen LogP contribution in [0.25, 0.3) is 0 Å². The lowest BCUT2D eigenvalue weighted by Crippen LogP contribution is -2.38. The summed E-state index contributed by atoms with van der Waals surface area (Å²) in [5.41, 5.74) is 5.33. The Balaban J connectivity index is 2.59. The third-order valence-electron chi connectivity index (χ3n) is 2.60. The highest BCUT2D eigenvalue weighted by molar-refractivity contribution is 7.90. The molecule has 0 bridgehead atoms. The fraction of sp³-hybridized carbons (Fsp3) is 0.889. The van der Waals surface area contributed by atoms with Gasteiger partial charge in [0.2, 0.25) is 10.0 Å². The quantitative estimate of drug-likeness (QED) is 0.268. The summed E-state index contributed by atoms with van der Waals surface area (Å²) in [7, 11) is -1.72. The molecule has 0 spiro atoms. The van der Waals surface area contributed by atoms with Gasteiger partial charge in [-0.05, 0) is 12.8 Å². The normalized spacial score (nSPS) is 17.6. The molecule has 0 aromatic heterocycles. The van der Waals surface area contributed by atoms with Gasteiger partial charge in [0, 0.05) is 26.6 Å². The van der Waals surface area contributed by atoms with E-state index in [-0.39, 0.29) is 24.1 Å². The van der Waals surface area contributed by atoms with Crippen molar-refractivity contribution < 1.29 is 18.4 Å². The molecular formula is C9H19N3O4S. The summed E-state index contributed by atoms with van der Waals surface area (Å²) in [5.74, 6) is 0.0263. The van der Waals surface area contributed by atoms with Crippen molar-refractivity contribution in [3.05, 3.63) is 0 Å². The highest BCUT2D eigenvalue weighted by Crippen LogP contribution is 2.30. The average Bonchev–Trinajstić information content (AvgIpc) is 3.12. The molecule has 1 rings (SSSR count). The Bertz CT molecular complexity index is 364. The van der Waals surface area contributed by atoms with Crippen LogP contribution in [0, 0.1) is 0 Å². The maximum atomic E-state index is 12.0. The maximum absolute atomic E-state index is 12.0. The number of oxime groups is 1. The zero-order valence-electron chi connectivity index (χ0n) is 9.87. The minimum atomic E-state index is -3.24. The van der Waals surface area contributed by atoms with Crippen LogP contribution in [0.15, 0.2) is 5.16 Å². The summed E-state index contributed by atoms with van der Waals surface area (Å²) in [4.78, 5) is 0. The van der Waals surface area contributed by atoms with Gasteiger partial charge in [-0.3, -0.25) is 0 Å². The fourth-order valence-corrected chi connectivity index (χ4v) is 3.25. The summed E-state index contributed by atoms with van der Waals surface area (Å²) in [6.07, 6.45) is 1.65. The lowest BCUT2D eigenvalue weighted by molar-refractivity contribution is 0.179. The number of rotatable bonds is 8. The number of ether oxygens (including phenoxy) is 1. The number of nitrogens with two attached hydrogens (primary N) is 1. The number of sulfonamides is 1. The van der Waals surface area contributed by atoms with Gasteiger partial charge < -0.3 is 15.7 Å². The zero-order valence-corrected chi connectivity index (χ0v) is 10.7. The smallest absolute Gasteiger partial charge is 0.217 e. The van der Waals surface area contributed by atoms with Gasteiger partial charge in [-0.1, -0.05) is 5.16 Å². The molecule has 1 aliphatic rings. The second-order valence-electron chi connectivity index (χ2n) is 3.98. The number of methoxy groups -OCH3 is 1. The van der Waals surface area contributed by atoms with Crippen molar-refractivity contribution in [1.29, 1.82) is 0 Å². The standard InChI is InChI=1S/C9H19N3O4S/c1-16-7-6-12(5-4-9(10)11-13)17(14,15)8-2-3-8/h8,13H,2-7H2,1H3,(H2,10,11). The summed E-state index contributed by atoms with van der Waals surface area (Å²) < 4.78 is 30.3. The van der Waals surface area contributed by atoms with Crippen molar-refractivity contribution in [3.63, 3.8) is 0 Å². The van der Waals surface area contributed by atoms with E-state index in [1.807, 2.05) is 0 Å². The van der Waals surface area contributed by atoms with Crippen molar-refractivity contribution in [3.8, 4) is 0 Å². The Morgan fingerprint density at radius 2 is 2.18 bits per heavy atom. The van der Waals surface area contributed by atoms with Crippen LogP contribution in [0.5, 0.6) is 0 Å². The topological polar surface area (TPSA) is 105 Å². The molecule has 0 aromatic carbocycles. The van der Waals surface area contributed by atoms with Crippen molar-refractivity contribution in [2.75, 3.05) is 26.8 Å². The molecule has 0 aromatic rings. The molecule has 8 heteroatoms. The molecule has 0 heterocycles. The van der Waals surface area contributed by atoms with Crippen LogP contribution >= 0.6 is 0 Å². The Morgan fingerprint density at radius 3 is 2.65 bits per heavy atom. The second kappa shape index (κ2) is 6.18. The molecule has 0 amide bonds. The van der Waals surface area contributed by atoms with E-state index < -0.39 is 10.0 Å². The van der Waals surface area contributed by atoms with Crippen LogP contribution in [-0.4, -0.2) is 55.8 Å². The number of hydrogen-bond acceptors (Lipinski definition) is 5. The molecular weight excluding hydrogens is 246 g/mol. The Morgan fingerprint density at radius 1 is 1.53 bits per heavy atom. The van der Waals surface area contributed by atoms with Crippen LogP contribution < -0.4 is 5.73 Å². The van der Waals surface area contributed by atoms with E-state index in [2.05, 4.69) is 5.16 Å². The van der Waals surface area contributed by atoms with Crippen molar-refractivity contribution >= 4 is 15.9 Å². The van der Waals surface area contributed by atoms with Crippen LogP contribution in [0.2, 0.25) is 0 Å². The Kier molecular flexibility index (Phi) is 5.16. The Labute approximate surface area is 101 Å². The highest BCUT2D eigenvalue weighted by atomic mass is 32.2. The van der Waals surface area contributed by atoms with Crippen molar-refractivity contribution in [1.82, 2.24) is 4.31 Å². The summed E-state index contributed by atoms with van der Waals surface area (Å²) >= 11 is 0. The van der Waals surface area contributed by atoms with E-state index in [0.717, 1.165) is 12.8 Å². The first-order chi connectivity index (χ1) is 8.02. The number of hydrogen-bond donors (Lipinski definition) is 2. The molecule has 0 saturated heterocycles. The fourth-order valence-electron chi connectivity index (χ4n) is 1.43. The van der Waals surface area contributed by atoms with Gasteiger partial charge in [-0.2, -0.15) is 4.31 Å². The first-order valence-electron chi connectivity index (χ1n) is 5.46. The van der Waals surface area contributed by atoms with E-state index in [4.69, 9.17) is 15.7 Å². The molecule has 1 fully saturated rings. The average molecular weight is 265 g/mol. The molecule has 0 atom stereocenters. The van der Waals surface area contributed by atoms with E-state index in [9.17, 15) is 8.42 Å². The van der Waals surface area contributed by atoms with Crippen molar-refractivity contribution in [2.45, 2.75) is 24.5 Å². The lowest BCUT2D eigenvalue weighted by atomic mass is 10.4. The lowest BCUT2D eigenvalue weighted by Gasteiger charge is -2.21. The largest absolute Gasteiger partial charge is 0.409 e. The summed E-state index contributed by atoms with van der Waals surface area (Å²) in [6, 6.07) is 0. The first-order valence-corrected chi connectivity index (χ1v) is 6.97. The van der Waals surface area contributed by atoms with Gasteiger partial charge in [-0.25, -0.2) is 8.42 Å². The van der Waals surface area contributed by atoms with Crippen LogP contribution in [0.3, 0.4) is 0 Å². The van der Waals surface area contributed by atoms with Crippen LogP contribution in [0.1, 0.15) is 19.3 Å². The van der Waals surface area contributed by atoms with Gasteiger partial charge in [0.1, 0.15) is 5.84 Å². The van der Waals surface area contributed by atoms with E-state index in [1.54, 1.807) is 0 Å². The molecule has 1 saturated carbocycles. The molecule has 17 heavy (non-hydrogen) atoms. The summed E-state index contributed by atoms with van der Waals surface area (Å²) in [5, 5.41) is 11.0. The number of nitrogens with zero attached hydrogens (tertiary/aromatic N) is 2. The minimum absolute atomic E-state index is 0.0263. The van der Waals surface area contributed by atoms with Gasteiger partial charge in [-0.15, -0.1) is 0 Å². The third kappa shape index (κ3) is 4.14. The maximum Gasteiger partial charge on any atom is 0.217 e. The molecule has 100 valence electrons. The zero-order chi connectivity index (χ0) is 12.9.